The maximum atomic E-state index is 12.1. The van der Waals surface area contributed by atoms with Crippen molar-refractivity contribution in [2.45, 2.75) is 6.42 Å². The van der Waals surface area contributed by atoms with Crippen LogP contribution in [0.5, 0.6) is 5.88 Å². The number of anilines is 1. The van der Waals surface area contributed by atoms with Crippen LogP contribution in [0, 0.1) is 0 Å². The van der Waals surface area contributed by atoms with Gasteiger partial charge in [0.1, 0.15) is 0 Å². The van der Waals surface area contributed by atoms with Crippen molar-refractivity contribution in [2.75, 3.05) is 12.4 Å². The van der Waals surface area contributed by atoms with Crippen LogP contribution in [0.4, 0.5) is 5.69 Å². The van der Waals surface area contributed by atoms with E-state index in [1.54, 1.807) is 30.3 Å². The molecule has 0 aliphatic heterocycles. The Hall–Kier alpha value is -2.86. The third kappa shape index (κ3) is 3.91. The summed E-state index contributed by atoms with van der Waals surface area (Å²) in [6, 6.07) is 12.3. The molecule has 3 aromatic rings. The van der Waals surface area contributed by atoms with E-state index in [9.17, 15) is 4.79 Å². The predicted octanol–water partition coefficient (Wildman–Crippen LogP) is 3.58. The molecule has 0 aliphatic rings. The van der Waals surface area contributed by atoms with E-state index in [0.717, 1.165) is 5.56 Å². The van der Waals surface area contributed by atoms with Gasteiger partial charge in [-0.1, -0.05) is 16.8 Å². The first-order valence-corrected chi connectivity index (χ1v) is 7.53. The Labute approximate surface area is 143 Å². The lowest BCUT2D eigenvalue weighted by atomic mass is 10.1. The predicted molar refractivity (Wildman–Crippen MR) is 90.1 cm³/mol. The minimum atomic E-state index is -0.210. The Kier molecular flexibility index (Phi) is 4.77. The quantitative estimate of drug-likeness (QED) is 0.766. The second kappa shape index (κ2) is 7.14. The molecule has 24 heavy (non-hydrogen) atoms. The van der Waals surface area contributed by atoms with Gasteiger partial charge in [-0.15, -0.1) is 0 Å². The summed E-state index contributed by atoms with van der Waals surface area (Å²) in [7, 11) is 1.53. The van der Waals surface area contributed by atoms with Crippen molar-refractivity contribution in [1.82, 2.24) is 10.1 Å². The van der Waals surface area contributed by atoms with Crippen LogP contribution >= 0.6 is 11.6 Å². The highest BCUT2D eigenvalue weighted by atomic mass is 35.5. The van der Waals surface area contributed by atoms with Gasteiger partial charge in [0.15, 0.2) is 5.76 Å². The van der Waals surface area contributed by atoms with E-state index in [1.807, 2.05) is 12.1 Å². The molecule has 1 amide bonds. The average molecular weight is 344 g/mol. The van der Waals surface area contributed by atoms with Gasteiger partial charge < -0.3 is 14.6 Å². The molecule has 0 radical (unpaired) electrons. The molecule has 2 heterocycles. The van der Waals surface area contributed by atoms with Crippen LogP contribution < -0.4 is 10.1 Å². The summed E-state index contributed by atoms with van der Waals surface area (Å²) in [6.07, 6.45) is 1.63. The maximum absolute atomic E-state index is 12.1. The number of aromatic nitrogens is 2. The normalized spacial score (nSPS) is 10.4. The number of hydrogen-bond donors (Lipinski definition) is 1. The van der Waals surface area contributed by atoms with Crippen LogP contribution in [0.3, 0.4) is 0 Å². The molecule has 1 aromatic carbocycles. The smallest absolute Gasteiger partial charge is 0.230 e. The highest BCUT2D eigenvalue weighted by Gasteiger charge is 2.11. The minimum Gasteiger partial charge on any atom is -0.481 e. The molecule has 0 saturated carbocycles. The van der Waals surface area contributed by atoms with Crippen molar-refractivity contribution < 1.29 is 14.1 Å². The van der Waals surface area contributed by atoms with Crippen molar-refractivity contribution in [3.63, 3.8) is 0 Å². The lowest BCUT2D eigenvalue weighted by molar-refractivity contribution is -0.115. The molecular formula is C17H14ClN3O3. The van der Waals surface area contributed by atoms with Gasteiger partial charge in [0.05, 0.1) is 31.1 Å². The van der Waals surface area contributed by atoms with E-state index >= 15 is 0 Å². The molecule has 0 saturated heterocycles. The Morgan fingerprint density at radius 2 is 2.04 bits per heavy atom. The van der Waals surface area contributed by atoms with Gasteiger partial charge in [-0.25, -0.2) is 4.98 Å². The standard InChI is InChI=1S/C17H14ClN3O3/c1-23-17-7-6-13(10-19-17)20-16(22)9-14-8-15(24-21-14)11-2-4-12(18)5-3-11/h2-8,10H,9H2,1H3,(H,20,22). The number of rotatable bonds is 5. The number of carbonyl (C=O) groups is 1. The Balaban J connectivity index is 1.63. The molecule has 3 rings (SSSR count). The van der Waals surface area contributed by atoms with E-state index in [2.05, 4.69) is 15.5 Å². The van der Waals surface area contributed by atoms with Crippen molar-refractivity contribution in [2.24, 2.45) is 0 Å². The van der Waals surface area contributed by atoms with Crippen molar-refractivity contribution in [1.29, 1.82) is 0 Å². The zero-order valence-electron chi connectivity index (χ0n) is 12.8. The van der Waals surface area contributed by atoms with E-state index in [4.69, 9.17) is 20.9 Å². The van der Waals surface area contributed by atoms with E-state index < -0.39 is 0 Å². The molecular weight excluding hydrogens is 330 g/mol. The molecule has 0 fully saturated rings. The lowest BCUT2D eigenvalue weighted by Gasteiger charge is -2.04. The zero-order valence-corrected chi connectivity index (χ0v) is 13.6. The number of pyridine rings is 1. The van der Waals surface area contributed by atoms with Crippen molar-refractivity contribution in [3.05, 3.63) is 59.4 Å². The molecule has 0 aliphatic carbocycles. The molecule has 2 aromatic heterocycles. The summed E-state index contributed by atoms with van der Waals surface area (Å²) in [5.74, 6) is 0.857. The Morgan fingerprint density at radius 1 is 1.25 bits per heavy atom. The Bertz CT molecular complexity index is 829. The number of nitrogens with zero attached hydrogens (tertiary/aromatic N) is 2. The van der Waals surface area contributed by atoms with Crippen LogP contribution in [-0.4, -0.2) is 23.2 Å². The summed E-state index contributed by atoms with van der Waals surface area (Å²) >= 11 is 5.86. The third-order valence-electron chi connectivity index (χ3n) is 3.26. The SMILES string of the molecule is COc1ccc(NC(=O)Cc2cc(-c3ccc(Cl)cc3)on2)cn1. The van der Waals surface area contributed by atoms with Gasteiger partial charge in [-0.2, -0.15) is 0 Å². The number of amides is 1. The first-order valence-electron chi connectivity index (χ1n) is 7.15. The summed E-state index contributed by atoms with van der Waals surface area (Å²) in [5.41, 5.74) is 1.97. The second-order valence-electron chi connectivity index (χ2n) is 5.00. The van der Waals surface area contributed by atoms with Gasteiger partial charge >= 0.3 is 0 Å². The molecule has 0 atom stereocenters. The summed E-state index contributed by atoms with van der Waals surface area (Å²) in [5, 5.41) is 7.31. The van der Waals surface area contributed by atoms with E-state index in [-0.39, 0.29) is 12.3 Å². The molecule has 1 N–H and O–H groups in total. The fourth-order valence-electron chi connectivity index (χ4n) is 2.09. The number of methoxy groups -OCH3 is 1. The molecule has 0 spiro atoms. The van der Waals surface area contributed by atoms with Crippen LogP contribution in [0.25, 0.3) is 11.3 Å². The first kappa shape index (κ1) is 16.0. The maximum Gasteiger partial charge on any atom is 0.230 e. The first-order chi connectivity index (χ1) is 11.6. The number of benzene rings is 1. The van der Waals surface area contributed by atoms with Gasteiger partial charge in [0.2, 0.25) is 11.8 Å². The monoisotopic (exact) mass is 343 g/mol. The van der Waals surface area contributed by atoms with Crippen molar-refractivity contribution >= 4 is 23.2 Å². The van der Waals surface area contributed by atoms with Crippen molar-refractivity contribution in [3.8, 4) is 17.2 Å². The summed E-state index contributed by atoms with van der Waals surface area (Å²) in [6.45, 7) is 0. The summed E-state index contributed by atoms with van der Waals surface area (Å²) in [4.78, 5) is 16.1. The fourth-order valence-corrected chi connectivity index (χ4v) is 2.22. The minimum absolute atomic E-state index is 0.100. The van der Waals surface area contributed by atoms with Crippen LogP contribution in [0.15, 0.2) is 53.2 Å². The van der Waals surface area contributed by atoms with E-state index in [0.29, 0.717) is 28.0 Å². The van der Waals surface area contributed by atoms with Gasteiger partial charge in [-0.3, -0.25) is 4.79 Å². The molecule has 122 valence electrons. The molecule has 7 heteroatoms. The highest BCUT2D eigenvalue weighted by Crippen LogP contribution is 2.22. The third-order valence-corrected chi connectivity index (χ3v) is 3.51. The van der Waals surface area contributed by atoms with Crippen LogP contribution in [0.2, 0.25) is 5.02 Å². The second-order valence-corrected chi connectivity index (χ2v) is 5.44. The number of nitrogens with one attached hydrogen (secondary N) is 1. The summed E-state index contributed by atoms with van der Waals surface area (Å²) < 4.78 is 10.2. The van der Waals surface area contributed by atoms with Gasteiger partial charge in [-0.05, 0) is 30.3 Å². The molecule has 6 nitrogen and oxygen atoms in total. The highest BCUT2D eigenvalue weighted by molar-refractivity contribution is 6.30. The number of hydrogen-bond acceptors (Lipinski definition) is 5. The Morgan fingerprint density at radius 3 is 2.71 bits per heavy atom. The van der Waals surface area contributed by atoms with Crippen LogP contribution in [0.1, 0.15) is 5.69 Å². The lowest BCUT2D eigenvalue weighted by Crippen LogP contribution is -2.14. The largest absolute Gasteiger partial charge is 0.481 e. The van der Waals surface area contributed by atoms with E-state index in [1.165, 1.54) is 13.3 Å². The average Bonchev–Trinajstić information content (AvgIpc) is 3.04. The molecule has 0 bridgehead atoms. The number of ether oxygens (including phenoxy) is 1. The topological polar surface area (TPSA) is 77.2 Å². The van der Waals surface area contributed by atoms with Gasteiger partial charge in [0, 0.05) is 22.7 Å². The fraction of sp³-hybridized carbons (Fsp3) is 0.118. The molecule has 0 unspecified atom stereocenters. The van der Waals surface area contributed by atoms with Gasteiger partial charge in [0.25, 0.3) is 0 Å². The number of carbonyl (C=O) groups excluding carboxylic acids is 1. The number of halogens is 1. The zero-order chi connectivity index (χ0) is 16.9. The van der Waals surface area contributed by atoms with Crippen LogP contribution in [-0.2, 0) is 11.2 Å².